The number of halogens is 1. The van der Waals surface area contributed by atoms with Gasteiger partial charge in [0.25, 0.3) is 5.56 Å². The SMILES string of the molecule is CCOC(=O)C1=C(C)N=c2s/c(=C/c3cc(C)n(-c4ccc(C)c(I)c4)c3C)c(=O)n2[C@H]1c1ccc(N(C)C)cc1. The first-order chi connectivity index (χ1) is 19.5. The molecule has 1 aliphatic heterocycles. The largest absolute Gasteiger partial charge is 0.463 e. The number of nitrogens with zero attached hydrogens (tertiary/aromatic N) is 4. The molecule has 0 saturated heterocycles. The van der Waals surface area contributed by atoms with Crippen LogP contribution in [0, 0.1) is 24.3 Å². The highest BCUT2D eigenvalue weighted by molar-refractivity contribution is 14.1. The van der Waals surface area contributed by atoms with Crippen molar-refractivity contribution in [3.63, 3.8) is 0 Å². The number of aromatic nitrogens is 2. The van der Waals surface area contributed by atoms with Crippen LogP contribution in [-0.2, 0) is 9.53 Å². The number of rotatable bonds is 6. The van der Waals surface area contributed by atoms with E-state index in [1.165, 1.54) is 20.5 Å². The Morgan fingerprint density at radius 3 is 2.44 bits per heavy atom. The zero-order chi connectivity index (χ0) is 29.6. The normalized spacial score (nSPS) is 15.1. The molecule has 0 fully saturated rings. The number of benzene rings is 2. The highest BCUT2D eigenvalue weighted by Crippen LogP contribution is 2.32. The molecule has 0 radical (unpaired) electrons. The number of aryl methyl sites for hydroxylation is 2. The monoisotopic (exact) mass is 680 g/mol. The third-order valence-corrected chi connectivity index (χ3v) is 9.56. The lowest BCUT2D eigenvalue weighted by Gasteiger charge is -2.25. The first kappa shape index (κ1) is 29.1. The molecule has 0 saturated carbocycles. The molecule has 0 N–H and O–H groups in total. The minimum Gasteiger partial charge on any atom is -0.463 e. The second kappa shape index (κ2) is 11.4. The van der Waals surface area contributed by atoms with Crippen LogP contribution in [0.4, 0.5) is 5.69 Å². The van der Waals surface area contributed by atoms with Gasteiger partial charge in [-0.15, -0.1) is 0 Å². The third-order valence-electron chi connectivity index (χ3n) is 7.41. The van der Waals surface area contributed by atoms with Gasteiger partial charge < -0.3 is 14.2 Å². The molecule has 0 aliphatic carbocycles. The van der Waals surface area contributed by atoms with E-state index in [1.807, 2.05) is 49.3 Å². The van der Waals surface area contributed by atoms with Crippen molar-refractivity contribution in [1.29, 1.82) is 0 Å². The second-order valence-electron chi connectivity index (χ2n) is 10.4. The maximum Gasteiger partial charge on any atom is 0.338 e. The van der Waals surface area contributed by atoms with Crippen molar-refractivity contribution < 1.29 is 9.53 Å². The standard InChI is InChI=1S/C32H33IN4O3S/c1-8-40-31(39)28-20(4)34-32-37(29(28)22-10-13-24(14-11-22)35(6)7)30(38)27(41-32)16-23-15-19(3)36(21(23)5)25-12-9-18(2)26(33)17-25/h9-17,29H,8H2,1-7H3/b27-16+/t29-/m0/s1. The van der Waals surface area contributed by atoms with Crippen molar-refractivity contribution >= 4 is 51.7 Å². The summed E-state index contributed by atoms with van der Waals surface area (Å²) in [7, 11) is 3.95. The van der Waals surface area contributed by atoms with Gasteiger partial charge in [0, 0.05) is 40.4 Å². The Labute approximate surface area is 257 Å². The number of hydrogen-bond acceptors (Lipinski definition) is 6. The minimum absolute atomic E-state index is 0.181. The van der Waals surface area contributed by atoms with E-state index < -0.39 is 12.0 Å². The molecule has 0 bridgehead atoms. The molecular formula is C32H33IN4O3S. The van der Waals surface area contributed by atoms with E-state index >= 15 is 0 Å². The molecule has 2 aromatic carbocycles. The first-order valence-electron chi connectivity index (χ1n) is 13.4. The number of esters is 1. The van der Waals surface area contributed by atoms with Gasteiger partial charge in [-0.3, -0.25) is 9.36 Å². The van der Waals surface area contributed by atoms with E-state index in [9.17, 15) is 9.59 Å². The Morgan fingerprint density at radius 1 is 1.10 bits per heavy atom. The predicted molar refractivity (Wildman–Crippen MR) is 174 cm³/mol. The summed E-state index contributed by atoms with van der Waals surface area (Å²) in [5.41, 5.74) is 8.05. The number of hydrogen-bond donors (Lipinski definition) is 0. The van der Waals surface area contributed by atoms with Crippen molar-refractivity contribution in [3.05, 3.63) is 111 Å². The van der Waals surface area contributed by atoms with Crippen LogP contribution in [-0.4, -0.2) is 35.8 Å². The average Bonchev–Trinajstić information content (AvgIpc) is 3.38. The van der Waals surface area contributed by atoms with Crippen molar-refractivity contribution in [2.24, 2.45) is 4.99 Å². The second-order valence-corrected chi connectivity index (χ2v) is 12.6. The molecule has 41 heavy (non-hydrogen) atoms. The number of anilines is 1. The van der Waals surface area contributed by atoms with Crippen LogP contribution < -0.4 is 19.8 Å². The fourth-order valence-corrected chi connectivity index (χ4v) is 6.79. The van der Waals surface area contributed by atoms with Gasteiger partial charge in [-0.05, 0) is 110 Å². The third kappa shape index (κ3) is 5.32. The quantitative estimate of drug-likeness (QED) is 0.208. The minimum atomic E-state index is -0.634. The van der Waals surface area contributed by atoms with Crippen LogP contribution in [0.25, 0.3) is 11.8 Å². The van der Waals surface area contributed by atoms with Gasteiger partial charge in [0.2, 0.25) is 0 Å². The molecule has 4 aromatic rings. The summed E-state index contributed by atoms with van der Waals surface area (Å²) in [5.74, 6) is -0.457. The first-order valence-corrected chi connectivity index (χ1v) is 15.3. The Hall–Kier alpha value is -3.44. The maximum atomic E-state index is 14.1. The Balaban J connectivity index is 1.68. The van der Waals surface area contributed by atoms with Crippen LogP contribution in [0.5, 0.6) is 0 Å². The molecule has 0 amide bonds. The lowest BCUT2D eigenvalue weighted by atomic mass is 9.95. The highest BCUT2D eigenvalue weighted by atomic mass is 127. The van der Waals surface area contributed by atoms with E-state index in [0.717, 1.165) is 33.9 Å². The molecule has 9 heteroatoms. The van der Waals surface area contributed by atoms with Gasteiger partial charge in [-0.1, -0.05) is 29.5 Å². The summed E-state index contributed by atoms with van der Waals surface area (Å²) < 4.78 is 11.0. The molecule has 5 rings (SSSR count). The van der Waals surface area contributed by atoms with Crippen molar-refractivity contribution in [2.45, 2.75) is 40.7 Å². The lowest BCUT2D eigenvalue weighted by molar-refractivity contribution is -0.139. The summed E-state index contributed by atoms with van der Waals surface area (Å²) in [6.45, 7) is 10.1. The summed E-state index contributed by atoms with van der Waals surface area (Å²) in [6.07, 6.45) is 1.94. The Bertz CT molecular complexity index is 1880. The maximum absolute atomic E-state index is 14.1. The number of fused-ring (bicyclic) bond motifs is 1. The number of thiazole rings is 1. The van der Waals surface area contributed by atoms with Gasteiger partial charge in [0.05, 0.1) is 28.5 Å². The fraction of sp³-hybridized carbons (Fsp3) is 0.281. The van der Waals surface area contributed by atoms with Crippen molar-refractivity contribution in [1.82, 2.24) is 9.13 Å². The topological polar surface area (TPSA) is 68.8 Å². The van der Waals surface area contributed by atoms with Crippen LogP contribution in [0.1, 0.15) is 48.0 Å². The summed E-state index contributed by atoms with van der Waals surface area (Å²) in [6, 6.07) is 15.8. The van der Waals surface area contributed by atoms with Crippen molar-refractivity contribution in [2.75, 3.05) is 25.6 Å². The van der Waals surface area contributed by atoms with Crippen LogP contribution in [0.15, 0.2) is 69.6 Å². The molecule has 3 heterocycles. The van der Waals surface area contributed by atoms with Gasteiger partial charge in [0.15, 0.2) is 4.80 Å². The number of carbonyl (C=O) groups excluding carboxylic acids is 1. The van der Waals surface area contributed by atoms with Gasteiger partial charge in [-0.25, -0.2) is 9.79 Å². The Kier molecular flexibility index (Phi) is 8.11. The van der Waals surface area contributed by atoms with Crippen molar-refractivity contribution in [3.8, 4) is 5.69 Å². The van der Waals surface area contributed by atoms with E-state index in [4.69, 9.17) is 9.73 Å². The van der Waals surface area contributed by atoms with E-state index in [1.54, 1.807) is 18.4 Å². The molecule has 1 atom stereocenters. The van der Waals surface area contributed by atoms with E-state index in [-0.39, 0.29) is 12.2 Å². The number of allylic oxidation sites excluding steroid dienone is 1. The fourth-order valence-electron chi connectivity index (χ4n) is 5.25. The highest BCUT2D eigenvalue weighted by Gasteiger charge is 2.33. The molecule has 2 aromatic heterocycles. The number of ether oxygens (including phenoxy) is 1. The molecule has 212 valence electrons. The van der Waals surface area contributed by atoms with Gasteiger partial charge in [-0.2, -0.15) is 0 Å². The summed E-state index contributed by atoms with van der Waals surface area (Å²) >= 11 is 3.70. The van der Waals surface area contributed by atoms with Gasteiger partial charge in [0.1, 0.15) is 0 Å². The van der Waals surface area contributed by atoms with Crippen LogP contribution in [0.3, 0.4) is 0 Å². The molecule has 1 aliphatic rings. The Morgan fingerprint density at radius 2 is 1.80 bits per heavy atom. The number of carbonyl (C=O) groups is 1. The van der Waals surface area contributed by atoms with Gasteiger partial charge >= 0.3 is 5.97 Å². The van der Waals surface area contributed by atoms with E-state index in [2.05, 4.69) is 72.2 Å². The van der Waals surface area contributed by atoms with Crippen LogP contribution >= 0.6 is 33.9 Å². The molecule has 7 nitrogen and oxygen atoms in total. The summed E-state index contributed by atoms with van der Waals surface area (Å²) in [4.78, 5) is 34.5. The van der Waals surface area contributed by atoms with Crippen LogP contribution in [0.2, 0.25) is 0 Å². The smallest absolute Gasteiger partial charge is 0.338 e. The molecular weight excluding hydrogens is 647 g/mol. The molecule has 0 spiro atoms. The van der Waals surface area contributed by atoms with E-state index in [0.29, 0.717) is 20.6 Å². The summed E-state index contributed by atoms with van der Waals surface area (Å²) in [5, 5.41) is 0. The predicted octanol–water partition coefficient (Wildman–Crippen LogP) is 5.18. The zero-order valence-electron chi connectivity index (χ0n) is 24.3. The zero-order valence-corrected chi connectivity index (χ0v) is 27.3. The average molecular weight is 681 g/mol. The molecule has 0 unspecified atom stereocenters. The lowest BCUT2D eigenvalue weighted by Crippen LogP contribution is -2.40.